The number of likely N-dealkylation sites (tertiary alicyclic amines) is 1. The van der Waals surface area contributed by atoms with E-state index < -0.39 is 0 Å². The molecule has 2 aromatic carbocycles. The summed E-state index contributed by atoms with van der Waals surface area (Å²) in [6.45, 7) is 3.00. The lowest BCUT2D eigenvalue weighted by Gasteiger charge is -2.16. The summed E-state index contributed by atoms with van der Waals surface area (Å²) in [5.41, 5.74) is 2.92. The van der Waals surface area contributed by atoms with E-state index >= 15 is 0 Å². The molecule has 6 heteroatoms. The van der Waals surface area contributed by atoms with Gasteiger partial charge in [0.25, 0.3) is 5.89 Å². The Hall–Kier alpha value is -3.02. The maximum absolute atomic E-state index is 13.0. The van der Waals surface area contributed by atoms with Gasteiger partial charge in [0.05, 0.1) is 0 Å². The van der Waals surface area contributed by atoms with Gasteiger partial charge in [-0.25, -0.2) is 4.39 Å². The number of benzene rings is 2. The number of nitrogens with zero attached hydrogens (tertiary/aromatic N) is 3. The first-order chi connectivity index (χ1) is 12.6. The molecule has 1 aliphatic rings. The van der Waals surface area contributed by atoms with Crippen LogP contribution in [0.2, 0.25) is 0 Å². The third kappa shape index (κ3) is 3.35. The van der Waals surface area contributed by atoms with E-state index in [1.807, 2.05) is 31.2 Å². The minimum atomic E-state index is -0.283. The molecule has 0 N–H and O–H groups in total. The first-order valence-corrected chi connectivity index (χ1v) is 8.51. The van der Waals surface area contributed by atoms with Crippen molar-refractivity contribution in [2.24, 2.45) is 0 Å². The first-order valence-electron chi connectivity index (χ1n) is 8.51. The Balaban J connectivity index is 1.47. The van der Waals surface area contributed by atoms with Gasteiger partial charge in [-0.15, -0.1) is 0 Å². The van der Waals surface area contributed by atoms with Gasteiger partial charge in [-0.05, 0) is 36.8 Å². The van der Waals surface area contributed by atoms with Gasteiger partial charge >= 0.3 is 0 Å². The van der Waals surface area contributed by atoms with Crippen molar-refractivity contribution >= 4 is 5.91 Å². The molecular weight excluding hydrogens is 333 g/mol. The van der Waals surface area contributed by atoms with Crippen LogP contribution in [0.1, 0.15) is 29.3 Å². The fourth-order valence-electron chi connectivity index (χ4n) is 3.12. The highest BCUT2D eigenvalue weighted by atomic mass is 19.1. The predicted octanol–water partition coefficient (Wildman–Crippen LogP) is 3.70. The number of rotatable bonds is 4. The van der Waals surface area contributed by atoms with E-state index in [-0.39, 0.29) is 17.6 Å². The highest BCUT2D eigenvalue weighted by Gasteiger charge is 2.33. The van der Waals surface area contributed by atoms with Gasteiger partial charge in [-0.3, -0.25) is 4.79 Å². The maximum Gasteiger partial charge on any atom is 0.257 e. The third-order valence-corrected chi connectivity index (χ3v) is 4.61. The molecule has 26 heavy (non-hydrogen) atoms. The fraction of sp³-hybridized carbons (Fsp3) is 0.250. The second kappa shape index (κ2) is 6.71. The molecule has 3 aromatic rings. The second-order valence-electron chi connectivity index (χ2n) is 6.63. The van der Waals surface area contributed by atoms with Gasteiger partial charge < -0.3 is 9.42 Å². The minimum Gasteiger partial charge on any atom is -0.338 e. The van der Waals surface area contributed by atoms with Gasteiger partial charge in [0.2, 0.25) is 5.91 Å². The SMILES string of the molecule is Cc1ccc(-c2nc([C@H]3CC(=O)N(Cc4ccc(F)cc4)C3)no2)cc1. The van der Waals surface area contributed by atoms with E-state index in [1.54, 1.807) is 17.0 Å². The zero-order valence-electron chi connectivity index (χ0n) is 14.4. The summed E-state index contributed by atoms with van der Waals surface area (Å²) < 4.78 is 18.4. The number of carbonyl (C=O) groups is 1. The minimum absolute atomic E-state index is 0.0426. The number of aryl methyl sites for hydroxylation is 1. The topological polar surface area (TPSA) is 59.2 Å². The first kappa shape index (κ1) is 16.4. The summed E-state index contributed by atoms with van der Waals surface area (Å²) in [6.07, 6.45) is 0.355. The molecule has 0 radical (unpaired) electrons. The second-order valence-corrected chi connectivity index (χ2v) is 6.63. The molecule has 132 valence electrons. The number of halogens is 1. The monoisotopic (exact) mass is 351 g/mol. The van der Waals surface area contributed by atoms with E-state index in [9.17, 15) is 9.18 Å². The van der Waals surface area contributed by atoms with Crippen LogP contribution in [-0.2, 0) is 11.3 Å². The number of hydrogen-bond acceptors (Lipinski definition) is 4. The Morgan fingerprint density at radius 2 is 1.88 bits per heavy atom. The molecule has 0 bridgehead atoms. The Bertz CT molecular complexity index is 919. The van der Waals surface area contributed by atoms with Gasteiger partial charge in [0, 0.05) is 31.0 Å². The highest BCUT2D eigenvalue weighted by molar-refractivity contribution is 5.79. The predicted molar refractivity (Wildman–Crippen MR) is 93.6 cm³/mol. The maximum atomic E-state index is 13.0. The average molecular weight is 351 g/mol. The van der Waals surface area contributed by atoms with Crippen molar-refractivity contribution in [3.63, 3.8) is 0 Å². The summed E-state index contributed by atoms with van der Waals surface area (Å²) in [5, 5.41) is 4.07. The Morgan fingerprint density at radius 1 is 1.15 bits per heavy atom. The molecule has 1 aliphatic heterocycles. The summed E-state index contributed by atoms with van der Waals surface area (Å²) >= 11 is 0. The van der Waals surface area contributed by atoms with Crippen molar-refractivity contribution < 1.29 is 13.7 Å². The van der Waals surface area contributed by atoms with Crippen LogP contribution in [0.25, 0.3) is 11.5 Å². The van der Waals surface area contributed by atoms with Crippen LogP contribution in [-0.4, -0.2) is 27.5 Å². The van der Waals surface area contributed by atoms with Crippen molar-refractivity contribution in [2.75, 3.05) is 6.54 Å². The van der Waals surface area contributed by atoms with Crippen molar-refractivity contribution in [1.29, 1.82) is 0 Å². The summed E-state index contributed by atoms with van der Waals surface area (Å²) in [7, 11) is 0. The van der Waals surface area contributed by atoms with Crippen LogP contribution in [0.3, 0.4) is 0 Å². The van der Waals surface area contributed by atoms with Gasteiger partial charge in [0.1, 0.15) is 5.82 Å². The zero-order chi connectivity index (χ0) is 18.1. The largest absolute Gasteiger partial charge is 0.338 e. The fourth-order valence-corrected chi connectivity index (χ4v) is 3.12. The number of hydrogen-bond donors (Lipinski definition) is 0. The molecule has 1 fully saturated rings. The third-order valence-electron chi connectivity index (χ3n) is 4.61. The molecule has 0 aliphatic carbocycles. The Labute approximate surface area is 150 Å². The zero-order valence-corrected chi connectivity index (χ0v) is 14.4. The number of aromatic nitrogens is 2. The lowest BCUT2D eigenvalue weighted by Crippen LogP contribution is -2.24. The van der Waals surface area contributed by atoms with Crippen LogP contribution in [0.5, 0.6) is 0 Å². The van der Waals surface area contributed by atoms with E-state index in [4.69, 9.17) is 4.52 Å². The van der Waals surface area contributed by atoms with Crippen LogP contribution in [0, 0.1) is 12.7 Å². The standard InChI is InChI=1S/C20H18FN3O2/c1-13-2-6-15(7-3-13)20-22-19(23-26-20)16-10-18(25)24(12-16)11-14-4-8-17(21)9-5-14/h2-9,16H,10-12H2,1H3/t16-/m0/s1. The van der Waals surface area contributed by atoms with E-state index in [0.29, 0.717) is 31.2 Å². The van der Waals surface area contributed by atoms with Gasteiger partial charge in [-0.2, -0.15) is 4.98 Å². The van der Waals surface area contributed by atoms with Crippen molar-refractivity contribution in [2.45, 2.75) is 25.8 Å². The van der Waals surface area contributed by atoms with E-state index in [0.717, 1.165) is 16.7 Å². The summed E-state index contributed by atoms with van der Waals surface area (Å²) in [4.78, 5) is 18.5. The molecule has 0 saturated carbocycles. The van der Waals surface area contributed by atoms with Crippen molar-refractivity contribution in [1.82, 2.24) is 15.0 Å². The molecule has 5 nitrogen and oxygen atoms in total. The molecule has 1 atom stereocenters. The molecule has 1 amide bonds. The molecule has 4 rings (SSSR count). The van der Waals surface area contributed by atoms with Crippen LogP contribution >= 0.6 is 0 Å². The molecule has 0 unspecified atom stereocenters. The lowest BCUT2D eigenvalue weighted by atomic mass is 10.1. The number of amides is 1. The van der Waals surface area contributed by atoms with Crippen molar-refractivity contribution in [3.8, 4) is 11.5 Å². The van der Waals surface area contributed by atoms with Crippen LogP contribution in [0.15, 0.2) is 53.1 Å². The van der Waals surface area contributed by atoms with Crippen molar-refractivity contribution in [3.05, 3.63) is 71.3 Å². The normalized spacial score (nSPS) is 17.1. The molecule has 1 saturated heterocycles. The van der Waals surface area contributed by atoms with Gasteiger partial charge in [0.15, 0.2) is 5.82 Å². The Kier molecular flexibility index (Phi) is 4.24. The molecule has 2 heterocycles. The Morgan fingerprint density at radius 3 is 2.62 bits per heavy atom. The average Bonchev–Trinajstić information content (AvgIpc) is 3.25. The molecule has 0 spiro atoms. The van der Waals surface area contributed by atoms with E-state index in [1.165, 1.54) is 12.1 Å². The van der Waals surface area contributed by atoms with Crippen LogP contribution in [0.4, 0.5) is 4.39 Å². The number of carbonyl (C=O) groups excluding carboxylic acids is 1. The molecule has 1 aromatic heterocycles. The van der Waals surface area contributed by atoms with E-state index in [2.05, 4.69) is 10.1 Å². The summed E-state index contributed by atoms with van der Waals surface area (Å²) in [6, 6.07) is 14.0. The highest BCUT2D eigenvalue weighted by Crippen LogP contribution is 2.29. The smallest absolute Gasteiger partial charge is 0.257 e. The summed E-state index contributed by atoms with van der Waals surface area (Å²) in [5.74, 6) is 0.682. The molecular formula is C20H18FN3O2. The van der Waals surface area contributed by atoms with Crippen LogP contribution < -0.4 is 0 Å². The quantitative estimate of drug-likeness (QED) is 0.719. The lowest BCUT2D eigenvalue weighted by molar-refractivity contribution is -0.128. The van der Waals surface area contributed by atoms with Gasteiger partial charge in [-0.1, -0.05) is 35.0 Å².